The van der Waals surface area contributed by atoms with Gasteiger partial charge in [0.15, 0.2) is 0 Å². The van der Waals surface area contributed by atoms with E-state index in [4.69, 9.17) is 19.3 Å². The number of ether oxygens (including phenoxy) is 3. The lowest BCUT2D eigenvalue weighted by Gasteiger charge is -2.44. The highest BCUT2D eigenvalue weighted by atomic mass is 19.1. The molecule has 0 radical (unpaired) electrons. The average molecular weight is 576 g/mol. The van der Waals surface area contributed by atoms with Gasteiger partial charge in [-0.1, -0.05) is 24.3 Å². The van der Waals surface area contributed by atoms with Crippen molar-refractivity contribution in [3.63, 3.8) is 0 Å². The SMILES string of the molecule is C[C@@H]1CC2=C(Cc3ccccc32)[C@@H](c2c(F)cc(OCCCCOCCCOCC(=O)O)cc2F)N1CC(C)(C)F. The van der Waals surface area contributed by atoms with Gasteiger partial charge in [0.1, 0.15) is 29.7 Å². The topological polar surface area (TPSA) is 68.2 Å². The van der Waals surface area contributed by atoms with Crippen LogP contribution in [0.3, 0.4) is 0 Å². The van der Waals surface area contributed by atoms with Crippen molar-refractivity contribution in [2.45, 2.75) is 70.6 Å². The number of hydrogen-bond acceptors (Lipinski definition) is 5. The van der Waals surface area contributed by atoms with Crippen LogP contribution < -0.4 is 4.74 Å². The van der Waals surface area contributed by atoms with Crippen LogP contribution in [0.25, 0.3) is 5.57 Å². The van der Waals surface area contributed by atoms with Crippen molar-refractivity contribution in [2.24, 2.45) is 0 Å². The van der Waals surface area contributed by atoms with Crippen molar-refractivity contribution in [3.05, 3.63) is 70.3 Å². The Kier molecular flexibility index (Phi) is 10.5. The Hall–Kier alpha value is -2.88. The molecule has 0 bridgehead atoms. The van der Waals surface area contributed by atoms with Crippen LogP contribution in [0.4, 0.5) is 13.2 Å². The molecule has 1 aliphatic carbocycles. The second-order valence-corrected chi connectivity index (χ2v) is 11.5. The number of aliphatic carboxylic acids is 1. The van der Waals surface area contributed by atoms with Crippen LogP contribution in [0.5, 0.6) is 5.75 Å². The van der Waals surface area contributed by atoms with Crippen molar-refractivity contribution < 1.29 is 37.3 Å². The zero-order valence-electron chi connectivity index (χ0n) is 24.1. The smallest absolute Gasteiger partial charge is 0.329 e. The first-order valence-electron chi connectivity index (χ1n) is 14.3. The van der Waals surface area contributed by atoms with Crippen molar-refractivity contribution in [2.75, 3.05) is 39.6 Å². The Morgan fingerprint density at radius 3 is 2.39 bits per heavy atom. The summed E-state index contributed by atoms with van der Waals surface area (Å²) in [6.07, 6.45) is 3.21. The summed E-state index contributed by atoms with van der Waals surface area (Å²) in [5, 5.41) is 8.52. The third-order valence-electron chi connectivity index (χ3n) is 7.48. The maximum absolute atomic E-state index is 15.7. The summed E-state index contributed by atoms with van der Waals surface area (Å²) < 4.78 is 62.5. The molecule has 2 atom stereocenters. The molecule has 0 saturated carbocycles. The van der Waals surface area contributed by atoms with Gasteiger partial charge in [0.2, 0.25) is 0 Å². The van der Waals surface area contributed by atoms with E-state index in [1.54, 1.807) is 0 Å². The van der Waals surface area contributed by atoms with Crippen molar-refractivity contribution >= 4 is 11.5 Å². The van der Waals surface area contributed by atoms with Gasteiger partial charge in [0, 0.05) is 50.1 Å². The Morgan fingerprint density at radius 2 is 1.68 bits per heavy atom. The predicted octanol–water partition coefficient (Wildman–Crippen LogP) is 6.53. The summed E-state index contributed by atoms with van der Waals surface area (Å²) >= 11 is 0. The van der Waals surface area contributed by atoms with Crippen molar-refractivity contribution in [3.8, 4) is 5.75 Å². The van der Waals surface area contributed by atoms with Crippen LogP contribution in [0.1, 0.15) is 69.2 Å². The molecule has 2 aromatic carbocycles. The summed E-state index contributed by atoms with van der Waals surface area (Å²) in [6, 6.07) is 9.69. The highest BCUT2D eigenvalue weighted by Crippen LogP contribution is 2.50. The lowest BCUT2D eigenvalue weighted by molar-refractivity contribution is -0.142. The van der Waals surface area contributed by atoms with Crippen molar-refractivity contribution in [1.29, 1.82) is 0 Å². The first-order valence-corrected chi connectivity index (χ1v) is 14.3. The van der Waals surface area contributed by atoms with E-state index in [2.05, 4.69) is 6.07 Å². The lowest BCUT2D eigenvalue weighted by Crippen LogP contribution is -2.47. The molecule has 2 aliphatic rings. The molecule has 6 nitrogen and oxygen atoms in total. The molecule has 41 heavy (non-hydrogen) atoms. The van der Waals surface area contributed by atoms with Crippen LogP contribution in [0.15, 0.2) is 42.0 Å². The molecule has 1 N–H and O–H groups in total. The van der Waals surface area contributed by atoms with E-state index in [1.807, 2.05) is 30.0 Å². The van der Waals surface area contributed by atoms with Crippen LogP contribution in [0.2, 0.25) is 0 Å². The van der Waals surface area contributed by atoms with Crippen LogP contribution in [-0.4, -0.2) is 67.3 Å². The van der Waals surface area contributed by atoms with E-state index in [0.717, 1.165) is 22.3 Å². The number of hydrogen-bond donors (Lipinski definition) is 1. The van der Waals surface area contributed by atoms with Gasteiger partial charge in [0.05, 0.1) is 12.6 Å². The molecular formula is C32H40F3NO5. The van der Waals surface area contributed by atoms with E-state index in [0.29, 0.717) is 51.9 Å². The summed E-state index contributed by atoms with van der Waals surface area (Å²) in [7, 11) is 0. The molecule has 9 heteroatoms. The average Bonchev–Trinajstić information content (AvgIpc) is 3.25. The number of unbranched alkanes of at least 4 members (excludes halogenated alkanes) is 1. The van der Waals surface area contributed by atoms with E-state index < -0.39 is 29.3 Å². The largest absolute Gasteiger partial charge is 0.493 e. The monoisotopic (exact) mass is 575 g/mol. The zero-order valence-corrected chi connectivity index (χ0v) is 24.1. The summed E-state index contributed by atoms with van der Waals surface area (Å²) in [5.41, 5.74) is 2.70. The van der Waals surface area contributed by atoms with Gasteiger partial charge in [-0.2, -0.15) is 0 Å². The highest BCUT2D eigenvalue weighted by molar-refractivity contribution is 5.79. The number of alkyl halides is 1. The second-order valence-electron chi connectivity index (χ2n) is 11.5. The van der Waals surface area contributed by atoms with Crippen LogP contribution >= 0.6 is 0 Å². The second kappa shape index (κ2) is 13.9. The third-order valence-corrected chi connectivity index (χ3v) is 7.48. The van der Waals surface area contributed by atoms with Crippen LogP contribution in [-0.2, 0) is 20.7 Å². The fraction of sp³-hybridized carbons (Fsp3) is 0.531. The standard InChI is InChI=1S/C32H40F3NO5/c1-21-15-25-24-10-5-4-9-22(24)16-26(25)31(36(21)20-32(2,3)35)30-27(33)17-23(18-28(30)34)41-14-7-6-11-39-12-8-13-40-19-29(37)38/h4-5,9-10,17-18,21,31H,6-8,11-16,19-20H2,1-3H3,(H,37,38)/t21-,31+/m1/s1. The van der Waals surface area contributed by atoms with Gasteiger partial charge in [-0.15, -0.1) is 0 Å². The normalized spacial score (nSPS) is 18.9. The van der Waals surface area contributed by atoms with E-state index in [-0.39, 0.29) is 37.1 Å². The molecule has 0 unspecified atom stereocenters. The van der Waals surface area contributed by atoms with Crippen molar-refractivity contribution in [1.82, 2.24) is 4.90 Å². The van der Waals surface area contributed by atoms with E-state index in [9.17, 15) is 9.18 Å². The maximum Gasteiger partial charge on any atom is 0.329 e. The summed E-state index contributed by atoms with van der Waals surface area (Å²) in [5.74, 6) is -2.28. The fourth-order valence-corrected chi connectivity index (χ4v) is 5.77. The number of fused-ring (bicyclic) bond motifs is 2. The first-order chi connectivity index (χ1) is 19.5. The molecule has 0 saturated heterocycles. The number of carbonyl (C=O) groups is 1. The molecule has 4 rings (SSSR count). The minimum absolute atomic E-state index is 0.0561. The Balaban J connectivity index is 1.40. The maximum atomic E-state index is 15.7. The van der Waals surface area contributed by atoms with Gasteiger partial charge in [-0.25, -0.2) is 18.0 Å². The lowest BCUT2D eigenvalue weighted by atomic mass is 9.84. The minimum Gasteiger partial charge on any atom is -0.493 e. The summed E-state index contributed by atoms with van der Waals surface area (Å²) in [4.78, 5) is 12.3. The number of nitrogens with zero attached hydrogens (tertiary/aromatic N) is 1. The van der Waals surface area contributed by atoms with Gasteiger partial charge >= 0.3 is 5.97 Å². The van der Waals surface area contributed by atoms with Crippen LogP contribution in [0, 0.1) is 11.6 Å². The fourth-order valence-electron chi connectivity index (χ4n) is 5.77. The Labute approximate surface area is 240 Å². The Morgan fingerprint density at radius 1 is 1.02 bits per heavy atom. The molecule has 224 valence electrons. The quantitative estimate of drug-likeness (QED) is 0.244. The van der Waals surface area contributed by atoms with E-state index >= 15 is 8.78 Å². The molecule has 0 fully saturated rings. The molecular weight excluding hydrogens is 535 g/mol. The summed E-state index contributed by atoms with van der Waals surface area (Å²) in [6.45, 7) is 6.26. The van der Waals surface area contributed by atoms with Gasteiger partial charge in [0.25, 0.3) is 0 Å². The first kappa shape index (κ1) is 31.1. The number of rotatable bonds is 15. The van der Waals surface area contributed by atoms with E-state index in [1.165, 1.54) is 26.0 Å². The van der Waals surface area contributed by atoms with Gasteiger partial charge in [-0.05, 0) is 75.1 Å². The molecule has 2 aromatic rings. The third kappa shape index (κ3) is 8.11. The molecule has 1 heterocycles. The zero-order chi connectivity index (χ0) is 29.6. The number of carboxylic acids is 1. The number of halogens is 3. The predicted molar refractivity (Wildman–Crippen MR) is 151 cm³/mol. The molecule has 0 amide bonds. The minimum atomic E-state index is -1.54. The molecule has 0 spiro atoms. The van der Waals surface area contributed by atoms with Gasteiger partial charge in [-0.3, -0.25) is 4.90 Å². The van der Waals surface area contributed by atoms with Gasteiger partial charge < -0.3 is 19.3 Å². The molecule has 1 aliphatic heterocycles. The highest BCUT2D eigenvalue weighted by Gasteiger charge is 2.42. The number of benzene rings is 2. The number of carboxylic acid groups (broad SMARTS) is 1. The Bertz CT molecular complexity index is 1220. The molecule has 0 aromatic heterocycles.